The molecule has 31 heavy (non-hydrogen) atoms. The molecule has 0 bridgehead atoms. The highest BCUT2D eigenvalue weighted by Gasteiger charge is 2.33. The van der Waals surface area contributed by atoms with E-state index in [-0.39, 0.29) is 57.1 Å². The topological polar surface area (TPSA) is 127 Å². The van der Waals surface area contributed by atoms with E-state index in [0.29, 0.717) is 12.8 Å². The van der Waals surface area contributed by atoms with Crippen LogP contribution in [0.15, 0.2) is 48.3 Å². The lowest BCUT2D eigenvalue weighted by molar-refractivity contribution is -0.115. The minimum absolute atomic E-state index is 0.0266. The summed E-state index contributed by atoms with van der Waals surface area (Å²) in [5.74, 6) is -1.22. The zero-order valence-electron chi connectivity index (χ0n) is 16.6. The molecule has 1 aromatic rings. The van der Waals surface area contributed by atoms with E-state index in [9.17, 15) is 18.0 Å². The third-order valence-electron chi connectivity index (χ3n) is 4.73. The summed E-state index contributed by atoms with van der Waals surface area (Å²) >= 11 is 13.8. The van der Waals surface area contributed by atoms with Gasteiger partial charge < -0.3 is 4.74 Å². The number of carbonyl (C=O) groups is 2. The van der Waals surface area contributed by atoms with Crippen molar-refractivity contribution < 1.29 is 22.7 Å². The number of allylic oxidation sites excluding steroid dienone is 2. The number of halogens is 2. The van der Waals surface area contributed by atoms with Gasteiger partial charge in [0, 0.05) is 29.7 Å². The quantitative estimate of drug-likeness (QED) is 0.369. The van der Waals surface area contributed by atoms with E-state index in [4.69, 9.17) is 27.9 Å². The predicted octanol–water partition coefficient (Wildman–Crippen LogP) is 4.79. The second kappa shape index (κ2) is 9.35. The molecule has 0 saturated heterocycles. The van der Waals surface area contributed by atoms with Crippen molar-refractivity contribution >= 4 is 56.4 Å². The van der Waals surface area contributed by atoms with E-state index in [1.807, 2.05) is 0 Å². The number of nitrogens with zero attached hydrogens (tertiary/aromatic N) is 4. The zero-order valence-corrected chi connectivity index (χ0v) is 19.7. The first-order chi connectivity index (χ1) is 14.6. The fourth-order valence-corrected chi connectivity index (χ4v) is 5.12. The lowest BCUT2D eigenvalue weighted by Crippen LogP contribution is -2.21. The number of ketones is 2. The largest absolute Gasteiger partial charge is 0.490 e. The Balaban J connectivity index is 1.97. The van der Waals surface area contributed by atoms with Crippen LogP contribution in [0.25, 0.3) is 0 Å². The second-order valence-electron chi connectivity index (χ2n) is 6.84. The van der Waals surface area contributed by atoms with Gasteiger partial charge in [0.05, 0.1) is 17.2 Å². The molecule has 1 aliphatic heterocycles. The van der Waals surface area contributed by atoms with Crippen molar-refractivity contribution in [2.75, 3.05) is 19.1 Å². The number of ether oxygens (including phenoxy) is 1. The number of benzene rings is 1. The van der Waals surface area contributed by atoms with Gasteiger partial charge in [0.2, 0.25) is 4.99 Å². The van der Waals surface area contributed by atoms with Crippen LogP contribution in [-0.2, 0) is 14.6 Å². The number of hydrogen-bond acceptors (Lipinski definition) is 10. The lowest BCUT2D eigenvalue weighted by Gasteiger charge is -2.19. The molecule has 2 aliphatic rings. The van der Waals surface area contributed by atoms with E-state index in [2.05, 4.69) is 20.7 Å². The highest BCUT2D eigenvalue weighted by Crippen LogP contribution is 2.39. The van der Waals surface area contributed by atoms with E-state index in [0.717, 1.165) is 6.26 Å². The highest BCUT2D eigenvalue weighted by atomic mass is 35.5. The average molecular weight is 505 g/mol. The first-order valence-corrected chi connectivity index (χ1v) is 13.0. The molecule has 13 heteroatoms. The summed E-state index contributed by atoms with van der Waals surface area (Å²) in [7, 11) is -3.73. The van der Waals surface area contributed by atoms with Crippen LogP contribution in [0.5, 0.6) is 5.75 Å². The van der Waals surface area contributed by atoms with Crippen LogP contribution in [0.3, 0.4) is 0 Å². The molecular weight excluding hydrogens is 487 g/mol. The van der Waals surface area contributed by atoms with E-state index in [1.165, 1.54) is 23.9 Å². The molecule has 166 valence electrons. The van der Waals surface area contributed by atoms with Gasteiger partial charge in [-0.15, -0.1) is 22.0 Å². The molecule has 0 aromatic heterocycles. The van der Waals surface area contributed by atoms with Crippen LogP contribution in [-0.4, -0.2) is 44.1 Å². The van der Waals surface area contributed by atoms with E-state index >= 15 is 0 Å². The molecule has 0 atom stereocenters. The lowest BCUT2D eigenvalue weighted by atomic mass is 9.91. The van der Waals surface area contributed by atoms with Crippen LogP contribution >= 0.6 is 35.0 Å². The molecule has 9 nitrogen and oxygen atoms in total. The minimum Gasteiger partial charge on any atom is -0.490 e. The molecule has 1 aliphatic carbocycles. The van der Waals surface area contributed by atoms with Gasteiger partial charge in [-0.05, 0) is 41.7 Å². The zero-order chi connectivity index (χ0) is 22.8. The Morgan fingerprint density at radius 2 is 1.90 bits per heavy atom. The van der Waals surface area contributed by atoms with Gasteiger partial charge in [-0.25, -0.2) is 8.42 Å². The predicted molar refractivity (Wildman–Crippen MR) is 117 cm³/mol. The third kappa shape index (κ3) is 5.00. The summed E-state index contributed by atoms with van der Waals surface area (Å²) < 4.78 is 30.2. The van der Waals surface area contributed by atoms with Gasteiger partial charge in [-0.3, -0.25) is 9.59 Å². The first kappa shape index (κ1) is 23.8. The Bertz CT molecular complexity index is 1120. The van der Waals surface area contributed by atoms with Gasteiger partial charge in [0.1, 0.15) is 4.90 Å². The minimum atomic E-state index is -3.73. The van der Waals surface area contributed by atoms with Gasteiger partial charge in [0.25, 0.3) is 0 Å². The molecule has 0 radical (unpaired) electrons. The van der Waals surface area contributed by atoms with Crippen LogP contribution in [0.2, 0.25) is 5.02 Å². The maximum atomic E-state index is 13.0. The summed E-state index contributed by atoms with van der Waals surface area (Å²) in [4.78, 5) is 24.1. The highest BCUT2D eigenvalue weighted by molar-refractivity contribution is 7.99. The summed E-state index contributed by atoms with van der Waals surface area (Å²) in [5, 5.41) is 14.9. The fourth-order valence-electron chi connectivity index (χ4n) is 3.10. The first-order valence-electron chi connectivity index (χ1n) is 9.11. The van der Waals surface area contributed by atoms with Gasteiger partial charge >= 0.3 is 0 Å². The Morgan fingerprint density at radius 3 is 2.48 bits per heavy atom. The number of thioether (sulfide) groups is 1. The molecule has 0 spiro atoms. The third-order valence-corrected chi connectivity index (χ3v) is 7.62. The van der Waals surface area contributed by atoms with Crippen molar-refractivity contribution in [3.8, 4) is 5.75 Å². The molecular formula is C18H18Cl2N4O5S2. The van der Waals surface area contributed by atoms with Crippen LogP contribution in [0.1, 0.15) is 36.0 Å². The number of Topliss-reactive ketones (excluding diaryl/α,β-unsaturated/α-hetero) is 2. The Hall–Kier alpha value is -1.82. The summed E-state index contributed by atoms with van der Waals surface area (Å²) in [6, 6.07) is 2.49. The van der Waals surface area contributed by atoms with Crippen LogP contribution < -0.4 is 4.74 Å². The number of rotatable bonds is 8. The summed E-state index contributed by atoms with van der Waals surface area (Å²) in [6.45, 7) is -0.0266. The van der Waals surface area contributed by atoms with Crippen molar-refractivity contribution in [3.05, 3.63) is 33.3 Å². The maximum absolute atomic E-state index is 13.0. The van der Waals surface area contributed by atoms with Gasteiger partial charge in [0.15, 0.2) is 27.2 Å². The standard InChI is InChI=1S/C18H18Cl2N4O5S2/c1-30-18(21-23-24-22-18)8-9-29-17-13(31(2,27)28)7-6-10(15(17)20)16(26)14-11(19)4-3-5-12(14)25/h6-7H,3-5,8-9H2,1-2H3. The molecule has 1 heterocycles. The Morgan fingerprint density at radius 1 is 1.23 bits per heavy atom. The monoisotopic (exact) mass is 504 g/mol. The SMILES string of the molecule is CSC1(CCOc2c(S(C)(=O)=O)ccc(C(=O)C3=C(Cl)CCCC3=O)c2Cl)N=NN=N1. The molecule has 1 aromatic carbocycles. The van der Waals surface area contributed by atoms with Gasteiger partial charge in [-0.1, -0.05) is 23.2 Å². The second-order valence-corrected chi connectivity index (χ2v) is 10.7. The number of hydrogen-bond donors (Lipinski definition) is 0. The maximum Gasteiger partial charge on any atom is 0.243 e. The van der Waals surface area contributed by atoms with Crippen molar-refractivity contribution in [2.24, 2.45) is 20.7 Å². The molecule has 0 N–H and O–H groups in total. The number of carbonyl (C=O) groups excluding carboxylic acids is 2. The average Bonchev–Trinajstić information content (AvgIpc) is 3.17. The molecule has 3 rings (SSSR count). The Labute approximate surface area is 193 Å². The van der Waals surface area contributed by atoms with Crippen molar-refractivity contribution in [3.63, 3.8) is 0 Å². The van der Waals surface area contributed by atoms with Crippen molar-refractivity contribution in [1.82, 2.24) is 0 Å². The number of sulfone groups is 1. The van der Waals surface area contributed by atoms with Crippen molar-refractivity contribution in [1.29, 1.82) is 0 Å². The van der Waals surface area contributed by atoms with E-state index < -0.39 is 20.6 Å². The van der Waals surface area contributed by atoms with Crippen LogP contribution in [0, 0.1) is 0 Å². The summed E-state index contributed by atoms with van der Waals surface area (Å²) in [6.07, 6.45) is 4.19. The molecule has 0 fully saturated rings. The van der Waals surface area contributed by atoms with Crippen molar-refractivity contribution in [2.45, 2.75) is 35.6 Å². The van der Waals surface area contributed by atoms with E-state index in [1.54, 1.807) is 6.26 Å². The summed E-state index contributed by atoms with van der Waals surface area (Å²) in [5.41, 5.74) is -0.187. The Kier molecular flexibility index (Phi) is 7.19. The molecule has 0 unspecified atom stereocenters. The van der Waals surface area contributed by atoms with Gasteiger partial charge in [-0.2, -0.15) is 0 Å². The normalized spacial score (nSPS) is 18.0. The smallest absolute Gasteiger partial charge is 0.243 e. The fraction of sp³-hybridized carbons (Fsp3) is 0.444. The molecule has 0 saturated carbocycles. The molecule has 0 amide bonds. The van der Waals surface area contributed by atoms with Crippen LogP contribution in [0.4, 0.5) is 0 Å².